The Hall–Kier alpha value is -0.260. The van der Waals surface area contributed by atoms with Gasteiger partial charge in [0.25, 0.3) is 0 Å². The predicted molar refractivity (Wildman–Crippen MR) is 45.9 cm³/mol. The molecule has 0 saturated heterocycles. The molecule has 0 spiro atoms. The third-order valence-electron chi connectivity index (χ3n) is 2.61. The minimum absolute atomic E-state index is 0.958. The minimum Gasteiger partial charge on any atom is -0.0851 e. The molecule has 3 unspecified atom stereocenters. The summed E-state index contributed by atoms with van der Waals surface area (Å²) in [5.74, 6) is 2.92. The first-order chi connectivity index (χ1) is 4.86. The van der Waals surface area contributed by atoms with Crippen molar-refractivity contribution in [2.45, 2.75) is 33.6 Å². The van der Waals surface area contributed by atoms with E-state index in [0.29, 0.717) is 0 Å². The van der Waals surface area contributed by atoms with Gasteiger partial charge in [0.15, 0.2) is 0 Å². The first kappa shape index (κ1) is 7.84. The van der Waals surface area contributed by atoms with Crippen molar-refractivity contribution in [3.05, 3.63) is 12.2 Å². The van der Waals surface area contributed by atoms with Crippen LogP contribution < -0.4 is 0 Å². The molecule has 0 nitrogen and oxygen atoms in total. The van der Waals surface area contributed by atoms with Crippen LogP contribution in [0.1, 0.15) is 33.6 Å². The molecule has 58 valence electrons. The second-order valence-electron chi connectivity index (χ2n) is 3.26. The van der Waals surface area contributed by atoms with E-state index in [-0.39, 0.29) is 0 Å². The van der Waals surface area contributed by atoms with Crippen molar-refractivity contribution in [2.24, 2.45) is 17.8 Å². The van der Waals surface area contributed by atoms with Gasteiger partial charge in [-0.25, -0.2) is 0 Å². The van der Waals surface area contributed by atoms with Gasteiger partial charge in [-0.2, -0.15) is 0 Å². The Bertz CT molecular complexity index is 124. The standard InChI is InChI=1S/C8H12.C2H6/c1-6-4-7-2-3-8(6)5-7;1-2/h2-3,6-8H,4-5H2,1H3;1-2H3. The molecule has 0 aromatic carbocycles. The van der Waals surface area contributed by atoms with E-state index in [1.807, 2.05) is 13.8 Å². The van der Waals surface area contributed by atoms with Crippen molar-refractivity contribution in [1.82, 2.24) is 0 Å². The molecule has 0 aromatic rings. The fourth-order valence-corrected chi connectivity index (χ4v) is 2.06. The zero-order valence-corrected chi connectivity index (χ0v) is 7.30. The first-order valence-electron chi connectivity index (χ1n) is 4.54. The van der Waals surface area contributed by atoms with Gasteiger partial charge in [0.1, 0.15) is 0 Å². The Morgan fingerprint density at radius 1 is 1.10 bits per heavy atom. The summed E-state index contributed by atoms with van der Waals surface area (Å²) in [5, 5.41) is 0. The zero-order valence-electron chi connectivity index (χ0n) is 7.30. The predicted octanol–water partition coefficient (Wildman–Crippen LogP) is 3.24. The summed E-state index contributed by atoms with van der Waals surface area (Å²) in [4.78, 5) is 0. The molecule has 0 aliphatic heterocycles. The zero-order chi connectivity index (χ0) is 7.56. The fourth-order valence-electron chi connectivity index (χ4n) is 2.06. The Balaban J connectivity index is 0.000000231. The van der Waals surface area contributed by atoms with Crippen LogP contribution in [-0.4, -0.2) is 0 Å². The van der Waals surface area contributed by atoms with Crippen molar-refractivity contribution >= 4 is 0 Å². The number of fused-ring (bicyclic) bond motifs is 2. The number of rotatable bonds is 0. The molecule has 0 amide bonds. The molecule has 3 atom stereocenters. The molecule has 2 rings (SSSR count). The van der Waals surface area contributed by atoms with Crippen LogP contribution in [0.2, 0.25) is 0 Å². The van der Waals surface area contributed by atoms with Gasteiger partial charge in [0.2, 0.25) is 0 Å². The maximum absolute atomic E-state index is 2.40. The van der Waals surface area contributed by atoms with Crippen LogP contribution in [0.15, 0.2) is 12.2 Å². The highest BCUT2D eigenvalue weighted by Crippen LogP contribution is 2.42. The van der Waals surface area contributed by atoms with Gasteiger partial charge in [-0.15, -0.1) is 0 Å². The minimum atomic E-state index is 0.958. The molecule has 0 heteroatoms. The smallest absolute Gasteiger partial charge is 0.0202 e. The molecular weight excluding hydrogens is 120 g/mol. The van der Waals surface area contributed by atoms with Crippen molar-refractivity contribution in [3.8, 4) is 0 Å². The topological polar surface area (TPSA) is 0 Å². The Kier molecular flexibility index (Phi) is 2.53. The summed E-state index contributed by atoms with van der Waals surface area (Å²) in [5.41, 5.74) is 0. The second kappa shape index (κ2) is 3.23. The number of allylic oxidation sites excluding steroid dienone is 2. The lowest BCUT2D eigenvalue weighted by Gasteiger charge is -2.09. The molecule has 2 bridgehead atoms. The third-order valence-corrected chi connectivity index (χ3v) is 2.61. The molecule has 0 aromatic heterocycles. The molecule has 0 radical (unpaired) electrons. The molecule has 1 fully saturated rings. The lowest BCUT2D eigenvalue weighted by Crippen LogP contribution is -1.99. The molecule has 2 aliphatic rings. The summed E-state index contributed by atoms with van der Waals surface area (Å²) in [6.07, 6.45) is 7.71. The highest BCUT2D eigenvalue weighted by atomic mass is 14.4. The number of hydrogen-bond donors (Lipinski definition) is 0. The average molecular weight is 138 g/mol. The summed E-state index contributed by atoms with van der Waals surface area (Å²) in [6, 6.07) is 0. The monoisotopic (exact) mass is 138 g/mol. The fraction of sp³-hybridized carbons (Fsp3) is 0.800. The quantitative estimate of drug-likeness (QED) is 0.451. The Labute approximate surface area is 64.3 Å². The van der Waals surface area contributed by atoms with Crippen LogP contribution in [0, 0.1) is 17.8 Å². The van der Waals surface area contributed by atoms with Gasteiger partial charge in [-0.3, -0.25) is 0 Å². The SMILES string of the molecule is CC.CC1CC2C=CC1C2. The van der Waals surface area contributed by atoms with Crippen molar-refractivity contribution in [2.75, 3.05) is 0 Å². The van der Waals surface area contributed by atoms with Gasteiger partial charge >= 0.3 is 0 Å². The Morgan fingerprint density at radius 2 is 1.80 bits per heavy atom. The molecule has 0 heterocycles. The van der Waals surface area contributed by atoms with E-state index >= 15 is 0 Å². The van der Waals surface area contributed by atoms with E-state index in [9.17, 15) is 0 Å². The highest BCUT2D eigenvalue weighted by molar-refractivity contribution is 5.08. The maximum atomic E-state index is 2.40. The van der Waals surface area contributed by atoms with Gasteiger partial charge in [-0.1, -0.05) is 32.9 Å². The molecular formula is C10H18. The lowest BCUT2D eigenvalue weighted by atomic mass is 9.96. The van der Waals surface area contributed by atoms with Crippen LogP contribution in [0.5, 0.6) is 0 Å². The maximum Gasteiger partial charge on any atom is -0.0202 e. The molecule has 1 saturated carbocycles. The second-order valence-corrected chi connectivity index (χ2v) is 3.26. The first-order valence-corrected chi connectivity index (χ1v) is 4.54. The van der Waals surface area contributed by atoms with Crippen molar-refractivity contribution in [3.63, 3.8) is 0 Å². The molecule has 2 aliphatic carbocycles. The van der Waals surface area contributed by atoms with Gasteiger partial charge < -0.3 is 0 Å². The Morgan fingerprint density at radius 3 is 2.00 bits per heavy atom. The third kappa shape index (κ3) is 1.25. The van der Waals surface area contributed by atoms with Gasteiger partial charge in [-0.05, 0) is 30.6 Å². The van der Waals surface area contributed by atoms with Gasteiger partial charge in [0, 0.05) is 0 Å². The molecule has 10 heavy (non-hydrogen) atoms. The largest absolute Gasteiger partial charge is 0.0851 e. The van der Waals surface area contributed by atoms with E-state index in [1.165, 1.54) is 12.8 Å². The van der Waals surface area contributed by atoms with E-state index in [2.05, 4.69) is 19.1 Å². The van der Waals surface area contributed by atoms with Gasteiger partial charge in [0.05, 0.1) is 0 Å². The van der Waals surface area contributed by atoms with E-state index in [1.54, 1.807) is 0 Å². The van der Waals surface area contributed by atoms with Crippen LogP contribution >= 0.6 is 0 Å². The van der Waals surface area contributed by atoms with E-state index in [0.717, 1.165) is 17.8 Å². The van der Waals surface area contributed by atoms with Crippen molar-refractivity contribution < 1.29 is 0 Å². The van der Waals surface area contributed by atoms with Crippen LogP contribution in [-0.2, 0) is 0 Å². The highest BCUT2D eigenvalue weighted by Gasteiger charge is 2.32. The van der Waals surface area contributed by atoms with Crippen LogP contribution in [0.3, 0.4) is 0 Å². The number of hydrogen-bond acceptors (Lipinski definition) is 0. The van der Waals surface area contributed by atoms with Crippen molar-refractivity contribution in [1.29, 1.82) is 0 Å². The van der Waals surface area contributed by atoms with E-state index in [4.69, 9.17) is 0 Å². The average Bonchev–Trinajstić information content (AvgIpc) is 2.52. The molecule has 0 N–H and O–H groups in total. The summed E-state index contributed by atoms with van der Waals surface area (Å²) < 4.78 is 0. The summed E-state index contributed by atoms with van der Waals surface area (Å²) in [7, 11) is 0. The van der Waals surface area contributed by atoms with Crippen LogP contribution in [0.4, 0.5) is 0 Å². The summed E-state index contributed by atoms with van der Waals surface area (Å²) >= 11 is 0. The normalized spacial score (nSPS) is 41.3. The van der Waals surface area contributed by atoms with E-state index < -0.39 is 0 Å². The van der Waals surface area contributed by atoms with Crippen LogP contribution in [0.25, 0.3) is 0 Å². The lowest BCUT2D eigenvalue weighted by molar-refractivity contribution is 0.493. The summed E-state index contributed by atoms with van der Waals surface area (Å²) in [6.45, 7) is 6.37.